The summed E-state index contributed by atoms with van der Waals surface area (Å²) in [5.74, 6) is -1.64. The maximum absolute atomic E-state index is 14.0. The number of H-pyrrole nitrogens is 2. The smallest absolute Gasteiger partial charge is 0.343 e. The first kappa shape index (κ1) is 23.8. The summed E-state index contributed by atoms with van der Waals surface area (Å²) >= 11 is 1.91. The normalized spacial score (nSPS) is 12.3. The summed E-state index contributed by atoms with van der Waals surface area (Å²) < 4.78 is 28.7. The minimum atomic E-state index is -0.954. The maximum Gasteiger partial charge on any atom is 0.343 e. The SMILES string of the molecule is C[C@H](CO)Nc1nc(SCc2cccc(F)c2F)nc2[nH]c(=O)c(Sc3n[nH]c(=O)n3C)nc12. The second kappa shape index (κ2) is 9.90. The van der Waals surface area contributed by atoms with Crippen LogP contribution in [0.25, 0.3) is 11.2 Å². The first-order chi connectivity index (χ1) is 16.3. The lowest BCUT2D eigenvalue weighted by Crippen LogP contribution is -2.22. The molecule has 0 radical (unpaired) electrons. The number of aliphatic hydroxyl groups is 1. The molecule has 15 heteroatoms. The van der Waals surface area contributed by atoms with Crippen LogP contribution in [0.4, 0.5) is 14.6 Å². The van der Waals surface area contributed by atoms with Crippen molar-refractivity contribution in [3.63, 3.8) is 0 Å². The van der Waals surface area contributed by atoms with E-state index in [0.717, 1.165) is 29.6 Å². The van der Waals surface area contributed by atoms with Crippen LogP contribution in [0.15, 0.2) is 43.1 Å². The third kappa shape index (κ3) is 4.95. The highest BCUT2D eigenvalue weighted by Crippen LogP contribution is 2.28. The van der Waals surface area contributed by atoms with Gasteiger partial charge in [0.2, 0.25) is 0 Å². The molecule has 178 valence electrons. The maximum atomic E-state index is 14.0. The molecule has 1 aromatic carbocycles. The number of rotatable bonds is 8. The number of anilines is 1. The van der Waals surface area contributed by atoms with Gasteiger partial charge in [0, 0.05) is 24.4 Å². The second-order valence-corrected chi connectivity index (χ2v) is 9.02. The number of benzene rings is 1. The molecule has 0 saturated heterocycles. The minimum Gasteiger partial charge on any atom is -0.394 e. The average molecular weight is 509 g/mol. The molecule has 4 N–H and O–H groups in total. The molecule has 0 aliphatic rings. The number of halogens is 2. The fourth-order valence-electron chi connectivity index (χ4n) is 2.77. The molecular formula is C19H18F2N8O3S2. The predicted octanol–water partition coefficient (Wildman–Crippen LogP) is 1.65. The summed E-state index contributed by atoms with van der Waals surface area (Å²) in [4.78, 5) is 39.9. The molecule has 0 spiro atoms. The van der Waals surface area contributed by atoms with Gasteiger partial charge in [-0.1, -0.05) is 23.9 Å². The van der Waals surface area contributed by atoms with Crippen LogP contribution in [0.1, 0.15) is 12.5 Å². The zero-order valence-electron chi connectivity index (χ0n) is 17.8. The van der Waals surface area contributed by atoms with Crippen molar-refractivity contribution in [2.75, 3.05) is 11.9 Å². The molecule has 1 atom stereocenters. The fourth-order valence-corrected chi connectivity index (χ4v) is 4.35. The first-order valence-corrected chi connectivity index (χ1v) is 11.6. The molecule has 34 heavy (non-hydrogen) atoms. The van der Waals surface area contributed by atoms with Gasteiger partial charge >= 0.3 is 5.69 Å². The van der Waals surface area contributed by atoms with E-state index in [1.54, 1.807) is 6.92 Å². The van der Waals surface area contributed by atoms with E-state index in [1.165, 1.54) is 23.7 Å². The summed E-state index contributed by atoms with van der Waals surface area (Å²) in [6.45, 7) is 1.51. The molecule has 0 fully saturated rings. The van der Waals surface area contributed by atoms with Crippen LogP contribution in [0.5, 0.6) is 0 Å². The van der Waals surface area contributed by atoms with Crippen molar-refractivity contribution in [1.29, 1.82) is 0 Å². The zero-order chi connectivity index (χ0) is 24.4. The van der Waals surface area contributed by atoms with Gasteiger partial charge < -0.3 is 15.4 Å². The lowest BCUT2D eigenvalue weighted by Gasteiger charge is -2.14. The number of hydrogen-bond donors (Lipinski definition) is 4. The summed E-state index contributed by atoms with van der Waals surface area (Å²) in [5.41, 5.74) is -0.562. The van der Waals surface area contributed by atoms with Crippen LogP contribution >= 0.6 is 23.5 Å². The van der Waals surface area contributed by atoms with E-state index in [9.17, 15) is 23.5 Å². The predicted molar refractivity (Wildman–Crippen MR) is 122 cm³/mol. The van der Waals surface area contributed by atoms with Gasteiger partial charge in [0.15, 0.2) is 38.4 Å². The van der Waals surface area contributed by atoms with Crippen molar-refractivity contribution in [3.8, 4) is 0 Å². The summed E-state index contributed by atoms with van der Waals surface area (Å²) in [6.07, 6.45) is 0. The van der Waals surface area contributed by atoms with Gasteiger partial charge in [-0.25, -0.2) is 33.6 Å². The molecule has 0 aliphatic carbocycles. The van der Waals surface area contributed by atoms with Crippen molar-refractivity contribution in [2.45, 2.75) is 34.1 Å². The Morgan fingerprint density at radius 1 is 1.24 bits per heavy atom. The molecule has 4 aromatic rings. The number of nitrogens with one attached hydrogen (secondary N) is 3. The fraction of sp³-hybridized carbons (Fsp3) is 0.263. The standard InChI is InChI=1S/C19H18F2N8O3S2/c1-8(6-30)22-13-12-14(24-15(31)16(23-12)34-19-28-27-18(32)29(19)2)26-17(25-13)33-7-9-4-3-5-10(20)11(9)21/h3-5,8,30H,6-7H2,1-2H3,(H,27,32)(H2,22,24,25,26,31)/t8-/m1/s1. The van der Waals surface area contributed by atoms with E-state index >= 15 is 0 Å². The van der Waals surface area contributed by atoms with Crippen LogP contribution in [0.2, 0.25) is 0 Å². The summed E-state index contributed by atoms with van der Waals surface area (Å²) in [7, 11) is 1.49. The van der Waals surface area contributed by atoms with Gasteiger partial charge in [0.25, 0.3) is 5.56 Å². The number of fused-ring (bicyclic) bond motifs is 1. The molecule has 0 amide bonds. The second-order valence-electron chi connectivity index (χ2n) is 7.13. The Balaban J connectivity index is 1.72. The van der Waals surface area contributed by atoms with Gasteiger partial charge in [-0.3, -0.25) is 9.36 Å². The molecule has 0 aliphatic heterocycles. The van der Waals surface area contributed by atoms with Crippen LogP contribution in [0, 0.1) is 11.6 Å². The number of hydrogen-bond acceptors (Lipinski definition) is 10. The first-order valence-electron chi connectivity index (χ1n) is 9.81. The minimum absolute atomic E-state index is 0.000126. The van der Waals surface area contributed by atoms with E-state index in [0.29, 0.717) is 0 Å². The van der Waals surface area contributed by atoms with Crippen LogP contribution in [-0.2, 0) is 12.8 Å². The Kier molecular flexibility index (Phi) is 6.95. The molecule has 4 rings (SSSR count). The van der Waals surface area contributed by atoms with Gasteiger partial charge in [-0.15, -0.1) is 5.10 Å². The Morgan fingerprint density at radius 3 is 2.74 bits per heavy atom. The summed E-state index contributed by atoms with van der Waals surface area (Å²) in [5, 5.41) is 19.0. The van der Waals surface area contributed by atoms with Gasteiger partial charge in [0.1, 0.15) is 5.52 Å². The topological polar surface area (TPSA) is 154 Å². The highest BCUT2D eigenvalue weighted by molar-refractivity contribution is 7.99. The third-order valence-corrected chi connectivity index (χ3v) is 6.49. The molecule has 0 bridgehead atoms. The third-order valence-electron chi connectivity index (χ3n) is 4.58. The Bertz CT molecular complexity index is 1470. The number of aliphatic hydroxyl groups excluding tert-OH is 1. The van der Waals surface area contributed by atoms with E-state index in [4.69, 9.17) is 0 Å². The van der Waals surface area contributed by atoms with E-state index in [2.05, 4.69) is 35.5 Å². The highest BCUT2D eigenvalue weighted by Gasteiger charge is 2.18. The van der Waals surface area contributed by atoms with Gasteiger partial charge in [-0.2, -0.15) is 0 Å². The average Bonchev–Trinajstić information content (AvgIpc) is 3.12. The van der Waals surface area contributed by atoms with Crippen molar-refractivity contribution in [3.05, 3.63) is 56.2 Å². The lowest BCUT2D eigenvalue weighted by molar-refractivity contribution is 0.281. The molecular weight excluding hydrogens is 490 g/mol. The summed E-state index contributed by atoms with van der Waals surface area (Å²) in [6, 6.07) is 3.48. The van der Waals surface area contributed by atoms with E-state index in [-0.39, 0.29) is 50.2 Å². The number of thioether (sulfide) groups is 1. The Labute approximate surface area is 198 Å². The van der Waals surface area contributed by atoms with Crippen LogP contribution < -0.4 is 16.6 Å². The van der Waals surface area contributed by atoms with Crippen molar-refractivity contribution in [1.82, 2.24) is 34.7 Å². The quantitative estimate of drug-likeness (QED) is 0.204. The highest BCUT2D eigenvalue weighted by atomic mass is 32.2. The largest absolute Gasteiger partial charge is 0.394 e. The van der Waals surface area contributed by atoms with Gasteiger partial charge in [-0.05, 0) is 24.8 Å². The zero-order valence-corrected chi connectivity index (χ0v) is 19.4. The monoisotopic (exact) mass is 508 g/mol. The van der Waals surface area contributed by atoms with Gasteiger partial charge in [0.05, 0.1) is 6.61 Å². The molecule has 11 nitrogen and oxygen atoms in total. The molecule has 0 unspecified atom stereocenters. The van der Waals surface area contributed by atoms with Crippen molar-refractivity contribution in [2.24, 2.45) is 7.05 Å². The molecule has 3 aromatic heterocycles. The number of nitrogens with zero attached hydrogens (tertiary/aromatic N) is 5. The van der Waals surface area contributed by atoms with Crippen molar-refractivity contribution >= 4 is 40.5 Å². The van der Waals surface area contributed by atoms with Crippen LogP contribution in [0.3, 0.4) is 0 Å². The Hall–Kier alpha value is -3.30. The van der Waals surface area contributed by atoms with Crippen molar-refractivity contribution < 1.29 is 13.9 Å². The van der Waals surface area contributed by atoms with E-state index < -0.39 is 28.9 Å². The number of aromatic nitrogens is 7. The molecule has 3 heterocycles. The number of aromatic amines is 2. The lowest BCUT2D eigenvalue weighted by atomic mass is 10.2. The van der Waals surface area contributed by atoms with Crippen LogP contribution in [-0.4, -0.2) is 52.5 Å². The van der Waals surface area contributed by atoms with E-state index in [1.807, 2.05) is 0 Å². The molecule has 0 saturated carbocycles. The Morgan fingerprint density at radius 2 is 2.03 bits per heavy atom.